The Hall–Kier alpha value is -2.64. The van der Waals surface area contributed by atoms with Gasteiger partial charge in [-0.25, -0.2) is 4.98 Å². The number of fused-ring (bicyclic) bond motifs is 1. The summed E-state index contributed by atoms with van der Waals surface area (Å²) < 4.78 is 16.3. The summed E-state index contributed by atoms with van der Waals surface area (Å²) in [4.78, 5) is 16.3. The van der Waals surface area contributed by atoms with Crippen molar-refractivity contribution in [3.05, 3.63) is 59.2 Å². The number of thioether (sulfide) groups is 1. The Morgan fingerprint density at radius 2 is 2.07 bits per heavy atom. The maximum absolute atomic E-state index is 12.1. The third-order valence-corrected chi connectivity index (χ3v) is 4.92. The molecule has 1 amide bonds. The number of hydrogen-bond donors (Lipinski definition) is 1. The van der Waals surface area contributed by atoms with Crippen molar-refractivity contribution in [2.24, 2.45) is 0 Å². The maximum Gasteiger partial charge on any atom is 0.256 e. The van der Waals surface area contributed by atoms with Gasteiger partial charge in [0.1, 0.15) is 0 Å². The van der Waals surface area contributed by atoms with E-state index in [-0.39, 0.29) is 18.5 Å². The van der Waals surface area contributed by atoms with Gasteiger partial charge in [-0.15, -0.1) is 0 Å². The van der Waals surface area contributed by atoms with Crippen molar-refractivity contribution in [2.75, 3.05) is 12.5 Å². The second-order valence-electron chi connectivity index (χ2n) is 5.75. The van der Waals surface area contributed by atoms with E-state index in [1.807, 2.05) is 30.3 Å². The van der Waals surface area contributed by atoms with Crippen LogP contribution in [0.4, 0.5) is 0 Å². The highest BCUT2D eigenvalue weighted by Crippen LogP contribution is 2.32. The highest BCUT2D eigenvalue weighted by atomic mass is 35.5. The van der Waals surface area contributed by atoms with Crippen molar-refractivity contribution in [1.29, 1.82) is 0 Å². The Bertz CT molecular complexity index is 976. The van der Waals surface area contributed by atoms with E-state index < -0.39 is 0 Å². The van der Waals surface area contributed by atoms with E-state index in [0.29, 0.717) is 28.3 Å². The summed E-state index contributed by atoms with van der Waals surface area (Å²) in [5.41, 5.74) is 1.78. The van der Waals surface area contributed by atoms with Crippen LogP contribution in [0.1, 0.15) is 5.56 Å². The molecule has 138 valence electrons. The van der Waals surface area contributed by atoms with E-state index in [9.17, 15) is 4.79 Å². The fraction of sp³-hybridized carbons (Fsp3) is 0.158. The summed E-state index contributed by atoms with van der Waals surface area (Å²) >= 11 is 7.22. The number of hydrogen-bond acceptors (Lipinski definition) is 6. The summed E-state index contributed by atoms with van der Waals surface area (Å²) in [5, 5.41) is 3.92. The normalized spacial score (nSPS) is 12.2. The first-order valence-electron chi connectivity index (χ1n) is 8.17. The molecule has 0 aliphatic carbocycles. The number of rotatable bonds is 6. The van der Waals surface area contributed by atoms with Crippen LogP contribution < -0.4 is 14.8 Å². The fourth-order valence-electron chi connectivity index (χ4n) is 2.53. The van der Waals surface area contributed by atoms with Crippen molar-refractivity contribution in [3.8, 4) is 22.8 Å². The second-order valence-corrected chi connectivity index (χ2v) is 7.12. The van der Waals surface area contributed by atoms with Crippen LogP contribution in [0, 0.1) is 0 Å². The van der Waals surface area contributed by atoms with Gasteiger partial charge in [0.25, 0.3) is 5.22 Å². The zero-order valence-corrected chi connectivity index (χ0v) is 15.7. The Labute approximate surface area is 164 Å². The molecule has 27 heavy (non-hydrogen) atoms. The summed E-state index contributed by atoms with van der Waals surface area (Å²) in [6.07, 6.45) is 1.62. The van der Waals surface area contributed by atoms with Crippen molar-refractivity contribution in [2.45, 2.75) is 11.8 Å². The smallest absolute Gasteiger partial charge is 0.256 e. The third kappa shape index (κ3) is 4.37. The molecule has 0 saturated carbocycles. The minimum Gasteiger partial charge on any atom is -0.454 e. The van der Waals surface area contributed by atoms with E-state index in [4.69, 9.17) is 25.5 Å². The number of nitrogens with zero attached hydrogens (tertiary/aromatic N) is 1. The van der Waals surface area contributed by atoms with Crippen LogP contribution in [0.3, 0.4) is 0 Å². The van der Waals surface area contributed by atoms with Gasteiger partial charge < -0.3 is 19.2 Å². The minimum absolute atomic E-state index is 0.111. The van der Waals surface area contributed by atoms with Crippen LogP contribution in [0.25, 0.3) is 11.3 Å². The van der Waals surface area contributed by atoms with Gasteiger partial charge in [-0.05, 0) is 29.8 Å². The third-order valence-electron chi connectivity index (χ3n) is 3.85. The molecule has 1 aliphatic rings. The molecule has 1 N–H and O–H groups in total. The van der Waals surface area contributed by atoms with Gasteiger partial charge in [-0.2, -0.15) is 0 Å². The van der Waals surface area contributed by atoms with Gasteiger partial charge in [0.15, 0.2) is 17.3 Å². The van der Waals surface area contributed by atoms with E-state index in [0.717, 1.165) is 16.9 Å². The number of carbonyl (C=O) groups is 1. The fourth-order valence-corrected chi connectivity index (χ4v) is 3.35. The Morgan fingerprint density at radius 1 is 1.19 bits per heavy atom. The average Bonchev–Trinajstić information content (AvgIpc) is 3.33. The predicted octanol–water partition coefficient (Wildman–Crippen LogP) is 4.13. The number of aromatic nitrogens is 1. The number of amides is 1. The van der Waals surface area contributed by atoms with Gasteiger partial charge in [0.05, 0.1) is 11.9 Å². The monoisotopic (exact) mass is 402 g/mol. The van der Waals surface area contributed by atoms with Crippen LogP contribution in [0.5, 0.6) is 11.5 Å². The largest absolute Gasteiger partial charge is 0.454 e. The van der Waals surface area contributed by atoms with Crippen LogP contribution >= 0.6 is 23.4 Å². The number of nitrogens with one attached hydrogen (secondary N) is 1. The second kappa shape index (κ2) is 7.94. The lowest BCUT2D eigenvalue weighted by Crippen LogP contribution is -2.24. The molecule has 3 aromatic rings. The molecular formula is C19H15ClN2O4S. The first-order valence-corrected chi connectivity index (χ1v) is 9.53. The van der Waals surface area contributed by atoms with Gasteiger partial charge in [-0.3, -0.25) is 4.79 Å². The van der Waals surface area contributed by atoms with Crippen LogP contribution in [0.2, 0.25) is 5.02 Å². The molecule has 0 bridgehead atoms. The number of carbonyl (C=O) groups excluding carboxylic acids is 1. The van der Waals surface area contributed by atoms with Crippen LogP contribution in [0.15, 0.2) is 58.3 Å². The van der Waals surface area contributed by atoms with Crippen molar-refractivity contribution in [1.82, 2.24) is 10.3 Å². The van der Waals surface area contributed by atoms with E-state index in [1.54, 1.807) is 18.3 Å². The van der Waals surface area contributed by atoms with Gasteiger partial charge in [0.2, 0.25) is 12.7 Å². The summed E-state index contributed by atoms with van der Waals surface area (Å²) in [5.74, 6) is 2.13. The molecule has 0 fully saturated rings. The van der Waals surface area contributed by atoms with Gasteiger partial charge in [-0.1, -0.05) is 41.6 Å². The quantitative estimate of drug-likeness (QED) is 0.625. The van der Waals surface area contributed by atoms with E-state index >= 15 is 0 Å². The molecule has 0 radical (unpaired) electrons. The number of halogens is 1. The molecule has 2 heterocycles. The Morgan fingerprint density at radius 3 is 2.96 bits per heavy atom. The lowest BCUT2D eigenvalue weighted by atomic mass is 10.2. The molecule has 0 spiro atoms. The first-order chi connectivity index (χ1) is 13.2. The molecule has 6 nitrogen and oxygen atoms in total. The Balaban J connectivity index is 1.28. The molecule has 4 rings (SSSR count). The summed E-state index contributed by atoms with van der Waals surface area (Å²) in [6.45, 7) is 0.643. The molecule has 8 heteroatoms. The lowest BCUT2D eigenvalue weighted by molar-refractivity contribution is -0.118. The molecule has 1 aliphatic heterocycles. The predicted molar refractivity (Wildman–Crippen MR) is 102 cm³/mol. The van der Waals surface area contributed by atoms with Crippen molar-refractivity contribution >= 4 is 29.3 Å². The Kier molecular flexibility index (Phi) is 5.22. The number of benzene rings is 2. The molecular weight excluding hydrogens is 388 g/mol. The zero-order chi connectivity index (χ0) is 18.6. The van der Waals surface area contributed by atoms with Crippen LogP contribution in [-0.2, 0) is 11.3 Å². The SMILES string of the molecule is O=C(CSc1ncc(-c2cccc(Cl)c2)o1)NCc1ccc2c(c1)OCO2. The molecule has 1 aromatic heterocycles. The van der Waals surface area contributed by atoms with Crippen LogP contribution in [-0.4, -0.2) is 23.4 Å². The molecule has 0 atom stereocenters. The number of oxazole rings is 1. The van der Waals surface area contributed by atoms with Crippen molar-refractivity contribution < 1.29 is 18.7 Å². The van der Waals surface area contributed by atoms with Gasteiger partial charge in [0, 0.05) is 17.1 Å². The average molecular weight is 403 g/mol. The summed E-state index contributed by atoms with van der Waals surface area (Å²) in [7, 11) is 0. The van der Waals surface area contributed by atoms with Gasteiger partial charge >= 0.3 is 0 Å². The standard InChI is InChI=1S/C19H15ClN2O4S/c20-14-3-1-2-13(7-14)17-9-22-19(26-17)27-10-18(23)21-8-12-4-5-15-16(6-12)25-11-24-15/h1-7,9H,8,10-11H2,(H,21,23). The first kappa shape index (κ1) is 17.8. The number of ether oxygens (including phenoxy) is 2. The summed E-state index contributed by atoms with van der Waals surface area (Å²) in [6, 6.07) is 12.9. The zero-order valence-electron chi connectivity index (χ0n) is 14.1. The topological polar surface area (TPSA) is 73.6 Å². The molecule has 0 saturated heterocycles. The van der Waals surface area contributed by atoms with E-state index in [1.165, 1.54) is 11.8 Å². The highest BCUT2D eigenvalue weighted by molar-refractivity contribution is 7.99. The van der Waals surface area contributed by atoms with E-state index in [2.05, 4.69) is 10.3 Å². The highest BCUT2D eigenvalue weighted by Gasteiger charge is 2.14. The lowest BCUT2D eigenvalue weighted by Gasteiger charge is -2.05. The molecule has 0 unspecified atom stereocenters. The minimum atomic E-state index is -0.111. The maximum atomic E-state index is 12.1. The molecule has 2 aromatic carbocycles. The van der Waals surface area contributed by atoms with Crippen molar-refractivity contribution in [3.63, 3.8) is 0 Å².